The van der Waals surface area contributed by atoms with Gasteiger partial charge in [-0.15, -0.1) is 30.0 Å². The first kappa shape index (κ1) is 23.0. The average Bonchev–Trinajstić information content (AvgIpc) is 3.30. The Labute approximate surface area is 170 Å². The average molecular weight is 426 g/mol. The fraction of sp³-hybridized carbons (Fsp3) is 0.667. The Bertz CT molecular complexity index is 799. The number of carbonyl (C=O) groups is 3. The number of nitrogens with zero attached hydrogens (tertiary/aromatic N) is 8. The first-order valence-electron chi connectivity index (χ1n) is 8.83. The third kappa shape index (κ3) is 7.59. The second-order valence-electron chi connectivity index (χ2n) is 6.13. The summed E-state index contributed by atoms with van der Waals surface area (Å²) in [5.41, 5.74) is 0. The molecule has 0 aliphatic carbocycles. The van der Waals surface area contributed by atoms with E-state index >= 15 is 0 Å². The van der Waals surface area contributed by atoms with Crippen LogP contribution in [0.2, 0.25) is 0 Å². The molecule has 2 heterocycles. The fourth-order valence-corrected chi connectivity index (χ4v) is 1.91. The summed E-state index contributed by atoms with van der Waals surface area (Å²) in [5.74, 6) is 0.182. The van der Waals surface area contributed by atoms with Crippen molar-refractivity contribution >= 4 is 17.7 Å². The van der Waals surface area contributed by atoms with E-state index in [4.69, 9.17) is 18.9 Å². The molecule has 0 bridgehead atoms. The van der Waals surface area contributed by atoms with Crippen LogP contribution in [0.5, 0.6) is 0 Å². The van der Waals surface area contributed by atoms with E-state index in [1.807, 2.05) is 0 Å². The molecule has 15 nitrogen and oxygen atoms in total. The van der Waals surface area contributed by atoms with Gasteiger partial charge in [0.2, 0.25) is 24.1 Å². The fourth-order valence-electron chi connectivity index (χ4n) is 1.91. The van der Waals surface area contributed by atoms with Gasteiger partial charge in [0.1, 0.15) is 26.4 Å². The van der Waals surface area contributed by atoms with Crippen LogP contribution in [0.15, 0.2) is 0 Å². The molecule has 0 aromatic carbocycles. The molecule has 2 aromatic heterocycles. The van der Waals surface area contributed by atoms with Crippen molar-refractivity contribution in [1.29, 1.82) is 0 Å². The van der Waals surface area contributed by atoms with Gasteiger partial charge in [-0.3, -0.25) is 9.59 Å². The van der Waals surface area contributed by atoms with E-state index in [9.17, 15) is 14.4 Å². The van der Waals surface area contributed by atoms with Crippen molar-refractivity contribution < 1.29 is 33.3 Å². The molecule has 0 saturated carbocycles. The van der Waals surface area contributed by atoms with Gasteiger partial charge in [-0.05, 0) is 38.1 Å². The van der Waals surface area contributed by atoms with Crippen molar-refractivity contribution in [3.05, 3.63) is 11.6 Å². The normalized spacial score (nSPS) is 12.9. The summed E-state index contributed by atoms with van der Waals surface area (Å²) >= 11 is 0. The topological polar surface area (TPSA) is 175 Å². The number of carbonyl (C=O) groups excluding carboxylic acids is 3. The third-order valence-corrected chi connectivity index (χ3v) is 3.20. The molecular weight excluding hydrogens is 404 g/mol. The molecule has 0 spiro atoms. The van der Waals surface area contributed by atoms with E-state index in [-0.39, 0.29) is 49.6 Å². The standard InChI is InChI=1S/C15H22N8O7/c1-9(24)5-27-7-13-16-20-22(18-13)11(3)29-15(26)30-12(4)23-19-14(17-21-23)8-28-6-10(2)25/h11-12H,5-8H2,1-4H3/t11-,12-/m1/s1. The van der Waals surface area contributed by atoms with Crippen molar-refractivity contribution in [1.82, 2.24) is 40.4 Å². The van der Waals surface area contributed by atoms with E-state index < -0.39 is 18.6 Å². The lowest BCUT2D eigenvalue weighted by molar-refractivity contribution is -0.122. The van der Waals surface area contributed by atoms with E-state index in [0.717, 1.165) is 9.59 Å². The van der Waals surface area contributed by atoms with E-state index in [0.29, 0.717) is 0 Å². The highest BCUT2D eigenvalue weighted by Gasteiger charge is 2.20. The van der Waals surface area contributed by atoms with Crippen LogP contribution in [0.3, 0.4) is 0 Å². The van der Waals surface area contributed by atoms with Crippen molar-refractivity contribution in [3.63, 3.8) is 0 Å². The highest BCUT2D eigenvalue weighted by atomic mass is 16.7. The molecule has 0 aliphatic heterocycles. The molecule has 0 radical (unpaired) electrons. The minimum Gasteiger partial charge on any atom is -0.407 e. The van der Waals surface area contributed by atoms with Crippen LogP contribution in [0.25, 0.3) is 0 Å². The first-order chi connectivity index (χ1) is 14.2. The smallest absolute Gasteiger partial charge is 0.407 e. The summed E-state index contributed by atoms with van der Waals surface area (Å²) in [7, 11) is 0. The van der Waals surface area contributed by atoms with E-state index in [2.05, 4.69) is 30.8 Å². The van der Waals surface area contributed by atoms with Gasteiger partial charge in [-0.25, -0.2) is 4.79 Å². The molecular formula is C15H22N8O7. The molecule has 2 atom stereocenters. The summed E-state index contributed by atoms with van der Waals surface area (Å²) in [6, 6.07) is 0. The summed E-state index contributed by atoms with van der Waals surface area (Å²) in [4.78, 5) is 35.8. The Morgan fingerprint density at radius 2 is 1.20 bits per heavy atom. The van der Waals surface area contributed by atoms with Gasteiger partial charge in [0.15, 0.2) is 11.6 Å². The molecule has 0 fully saturated rings. The van der Waals surface area contributed by atoms with Gasteiger partial charge in [0.25, 0.3) is 0 Å². The molecule has 0 saturated heterocycles. The monoisotopic (exact) mass is 426 g/mol. The van der Waals surface area contributed by atoms with Crippen molar-refractivity contribution in [2.45, 2.75) is 53.4 Å². The van der Waals surface area contributed by atoms with Crippen molar-refractivity contribution in [3.8, 4) is 0 Å². The summed E-state index contributed by atoms with van der Waals surface area (Å²) < 4.78 is 20.3. The Hall–Kier alpha value is -3.33. The molecule has 0 amide bonds. The van der Waals surface area contributed by atoms with Crippen molar-refractivity contribution in [2.24, 2.45) is 0 Å². The van der Waals surface area contributed by atoms with Crippen LogP contribution in [-0.2, 0) is 41.8 Å². The molecule has 0 N–H and O–H groups in total. The maximum atomic E-state index is 12.0. The van der Waals surface area contributed by atoms with Gasteiger partial charge in [0, 0.05) is 0 Å². The number of tetrazole rings is 2. The lowest BCUT2D eigenvalue weighted by atomic mass is 10.5. The molecule has 0 unspecified atom stereocenters. The van der Waals surface area contributed by atoms with Gasteiger partial charge in [0.05, 0.1) is 0 Å². The number of ether oxygens (including phenoxy) is 4. The first-order valence-corrected chi connectivity index (χ1v) is 8.83. The maximum Gasteiger partial charge on any atom is 0.512 e. The number of aromatic nitrogens is 8. The predicted molar refractivity (Wildman–Crippen MR) is 93.3 cm³/mol. The van der Waals surface area contributed by atoms with Crippen LogP contribution < -0.4 is 0 Å². The van der Waals surface area contributed by atoms with Crippen LogP contribution in [0.1, 0.15) is 51.8 Å². The van der Waals surface area contributed by atoms with Crippen LogP contribution in [0, 0.1) is 0 Å². The SMILES string of the molecule is CC(=O)COCc1nnn([C@@H](C)OC(=O)O[C@H](C)n2nnc(COCC(C)=O)n2)n1. The quantitative estimate of drug-likeness (QED) is 0.407. The largest absolute Gasteiger partial charge is 0.512 e. The Morgan fingerprint density at radius 1 is 0.800 bits per heavy atom. The lowest BCUT2D eigenvalue weighted by Crippen LogP contribution is -2.22. The van der Waals surface area contributed by atoms with Gasteiger partial charge in [-0.1, -0.05) is 0 Å². The molecule has 30 heavy (non-hydrogen) atoms. The maximum absolute atomic E-state index is 12.0. The zero-order valence-electron chi connectivity index (χ0n) is 16.9. The Morgan fingerprint density at radius 3 is 1.57 bits per heavy atom. The molecule has 0 aliphatic rings. The zero-order valence-corrected chi connectivity index (χ0v) is 16.9. The molecule has 15 heteroatoms. The third-order valence-electron chi connectivity index (χ3n) is 3.20. The zero-order chi connectivity index (χ0) is 22.1. The second kappa shape index (κ2) is 11.0. The van der Waals surface area contributed by atoms with Crippen LogP contribution >= 0.6 is 0 Å². The van der Waals surface area contributed by atoms with E-state index in [1.54, 1.807) is 0 Å². The van der Waals surface area contributed by atoms with Crippen molar-refractivity contribution in [2.75, 3.05) is 13.2 Å². The predicted octanol–water partition coefficient (Wildman–Crippen LogP) is -0.239. The Balaban J connectivity index is 1.79. The summed E-state index contributed by atoms with van der Waals surface area (Å²) in [6.07, 6.45) is -2.86. The molecule has 164 valence electrons. The summed E-state index contributed by atoms with van der Waals surface area (Å²) in [6.45, 7) is 5.65. The number of Topliss-reactive ketones (excluding diaryl/α,β-unsaturated/α-hetero) is 2. The summed E-state index contributed by atoms with van der Waals surface area (Å²) in [5, 5.41) is 22.9. The Kier molecular flexibility index (Phi) is 8.42. The number of hydrogen-bond acceptors (Lipinski definition) is 13. The highest BCUT2D eigenvalue weighted by Crippen LogP contribution is 2.11. The van der Waals surface area contributed by atoms with E-state index in [1.165, 1.54) is 27.7 Å². The number of ketones is 2. The molecule has 2 aromatic rings. The minimum absolute atomic E-state index is 0.00971. The highest BCUT2D eigenvalue weighted by molar-refractivity contribution is 5.76. The van der Waals surface area contributed by atoms with Gasteiger partial charge < -0.3 is 18.9 Å². The number of rotatable bonds is 12. The lowest BCUT2D eigenvalue weighted by Gasteiger charge is -2.14. The minimum atomic E-state index is -1.02. The number of hydrogen-bond donors (Lipinski definition) is 0. The van der Waals surface area contributed by atoms with Gasteiger partial charge in [-0.2, -0.15) is 0 Å². The second-order valence-corrected chi connectivity index (χ2v) is 6.13. The van der Waals surface area contributed by atoms with Crippen LogP contribution in [0.4, 0.5) is 4.79 Å². The molecule has 2 rings (SSSR count). The van der Waals surface area contributed by atoms with Crippen LogP contribution in [-0.4, -0.2) is 71.4 Å². The van der Waals surface area contributed by atoms with Gasteiger partial charge >= 0.3 is 6.16 Å².